The molecular weight excluding hydrogens is 382 g/mol. The maximum atomic E-state index is 11.4. The molecule has 27 heavy (non-hydrogen) atoms. The maximum absolute atomic E-state index is 11.4. The van der Waals surface area contributed by atoms with E-state index in [-0.39, 0.29) is 5.41 Å². The molecular formula is C21H26ClNO3S. The number of nitrogens with one attached hydrogen (secondary N) is 1. The second kappa shape index (κ2) is 7.36. The van der Waals surface area contributed by atoms with Crippen LogP contribution in [0.1, 0.15) is 37.3 Å². The van der Waals surface area contributed by atoms with Gasteiger partial charge in [-0.15, -0.1) is 0 Å². The summed E-state index contributed by atoms with van der Waals surface area (Å²) in [5.41, 5.74) is 3.21. The normalized spacial score (nSPS) is 20.9. The van der Waals surface area contributed by atoms with Crippen molar-refractivity contribution >= 4 is 27.3 Å². The van der Waals surface area contributed by atoms with Crippen LogP contribution in [0.4, 0.5) is 5.69 Å². The van der Waals surface area contributed by atoms with Crippen LogP contribution in [0.25, 0.3) is 0 Å². The molecule has 2 unspecified atom stereocenters. The van der Waals surface area contributed by atoms with E-state index in [1.54, 1.807) is 7.11 Å². The number of aryl methyl sites for hydroxylation is 1. The van der Waals surface area contributed by atoms with Gasteiger partial charge in [0.15, 0.2) is 0 Å². The molecule has 0 amide bonds. The molecule has 0 aromatic heterocycles. The molecule has 0 spiro atoms. The second-order valence-electron chi connectivity index (χ2n) is 7.90. The molecule has 2 atom stereocenters. The minimum absolute atomic E-state index is 0.220. The summed E-state index contributed by atoms with van der Waals surface area (Å²) < 4.78 is 30.7. The number of halogens is 1. The lowest BCUT2D eigenvalue weighted by Crippen LogP contribution is -2.09. The zero-order chi connectivity index (χ0) is 19.8. The summed E-state index contributed by atoms with van der Waals surface area (Å²) in [4.78, 5) is 0. The zero-order valence-electron chi connectivity index (χ0n) is 16.1. The minimum atomic E-state index is -3.25. The van der Waals surface area contributed by atoms with Crippen molar-refractivity contribution in [1.82, 2.24) is 0 Å². The first kappa shape index (κ1) is 20.0. The lowest BCUT2D eigenvalue weighted by atomic mass is 10.0. The molecule has 1 N–H and O–H groups in total. The highest BCUT2D eigenvalue weighted by atomic mass is 35.5. The monoisotopic (exact) mass is 407 g/mol. The highest BCUT2D eigenvalue weighted by Gasteiger charge is 2.57. The van der Waals surface area contributed by atoms with Gasteiger partial charge >= 0.3 is 0 Å². The molecule has 0 saturated heterocycles. The predicted molar refractivity (Wildman–Crippen MR) is 111 cm³/mol. The molecule has 1 fully saturated rings. The van der Waals surface area contributed by atoms with E-state index in [1.165, 1.54) is 5.56 Å². The lowest BCUT2D eigenvalue weighted by Gasteiger charge is -2.09. The largest absolute Gasteiger partial charge is 0.496 e. The maximum Gasteiger partial charge on any atom is 0.229 e. The van der Waals surface area contributed by atoms with E-state index >= 15 is 0 Å². The summed E-state index contributed by atoms with van der Waals surface area (Å²) in [7, 11) is -1.57. The third-order valence-corrected chi connectivity index (χ3v) is 6.43. The SMILES string of the molecule is COc1ccc(Cl)cc1CCC1C(c2ccc(NS(C)(=O)=O)cc2)C1(C)C. The van der Waals surface area contributed by atoms with Gasteiger partial charge in [-0.05, 0) is 71.6 Å². The quantitative estimate of drug-likeness (QED) is 0.695. The van der Waals surface area contributed by atoms with E-state index in [0.717, 1.165) is 35.4 Å². The van der Waals surface area contributed by atoms with Crippen LogP contribution in [0.3, 0.4) is 0 Å². The van der Waals surface area contributed by atoms with Crippen LogP contribution in [-0.2, 0) is 16.4 Å². The zero-order valence-corrected chi connectivity index (χ0v) is 17.7. The summed E-state index contributed by atoms with van der Waals surface area (Å²) in [6.07, 6.45) is 3.13. The standard InChI is InChI=1S/C21H26ClNO3S/c1-21(2)18(11-7-15-13-16(22)8-12-19(15)26-3)20(21)14-5-9-17(10-6-14)23-27(4,24)25/h5-6,8-10,12-13,18,20,23H,7,11H2,1-4H3. The Morgan fingerprint density at radius 2 is 1.81 bits per heavy atom. The van der Waals surface area contributed by atoms with Crippen molar-refractivity contribution in [1.29, 1.82) is 0 Å². The van der Waals surface area contributed by atoms with Gasteiger partial charge in [-0.3, -0.25) is 4.72 Å². The first-order valence-corrected chi connectivity index (χ1v) is 11.3. The van der Waals surface area contributed by atoms with Gasteiger partial charge in [-0.25, -0.2) is 8.42 Å². The molecule has 3 rings (SSSR count). The van der Waals surface area contributed by atoms with E-state index in [9.17, 15) is 8.42 Å². The van der Waals surface area contributed by atoms with Crippen LogP contribution in [-0.4, -0.2) is 21.8 Å². The topological polar surface area (TPSA) is 55.4 Å². The van der Waals surface area contributed by atoms with Crippen LogP contribution in [0.5, 0.6) is 5.75 Å². The van der Waals surface area contributed by atoms with Crippen molar-refractivity contribution in [2.45, 2.75) is 32.6 Å². The summed E-state index contributed by atoms with van der Waals surface area (Å²) in [6.45, 7) is 4.58. The van der Waals surface area contributed by atoms with E-state index in [1.807, 2.05) is 42.5 Å². The molecule has 0 bridgehead atoms. The third-order valence-electron chi connectivity index (χ3n) is 5.59. The van der Waals surface area contributed by atoms with Crippen molar-refractivity contribution < 1.29 is 13.2 Å². The van der Waals surface area contributed by atoms with Gasteiger partial charge in [0.1, 0.15) is 5.75 Å². The number of rotatable bonds is 7. The summed E-state index contributed by atoms with van der Waals surface area (Å²) in [5.74, 6) is 1.91. The van der Waals surface area contributed by atoms with Crippen LogP contribution < -0.4 is 9.46 Å². The summed E-state index contributed by atoms with van der Waals surface area (Å²) in [6, 6.07) is 13.5. The number of hydrogen-bond acceptors (Lipinski definition) is 3. The Kier molecular flexibility index (Phi) is 5.46. The van der Waals surface area contributed by atoms with E-state index in [0.29, 0.717) is 17.5 Å². The van der Waals surface area contributed by atoms with Crippen LogP contribution in [0.2, 0.25) is 5.02 Å². The summed E-state index contributed by atoms with van der Waals surface area (Å²) >= 11 is 6.14. The predicted octanol–water partition coefficient (Wildman–Crippen LogP) is 5.09. The number of sulfonamides is 1. The Hall–Kier alpha value is -1.72. The van der Waals surface area contributed by atoms with Gasteiger partial charge in [0.2, 0.25) is 10.0 Å². The molecule has 4 nitrogen and oxygen atoms in total. The van der Waals surface area contributed by atoms with Crippen molar-refractivity contribution in [3.05, 3.63) is 58.6 Å². The van der Waals surface area contributed by atoms with E-state index in [4.69, 9.17) is 16.3 Å². The average Bonchev–Trinajstić information content (AvgIpc) is 3.13. The Balaban J connectivity index is 1.69. The number of anilines is 1. The molecule has 2 aromatic carbocycles. The first-order chi connectivity index (χ1) is 12.6. The number of hydrogen-bond donors (Lipinski definition) is 1. The van der Waals surface area contributed by atoms with Gasteiger partial charge < -0.3 is 4.74 Å². The molecule has 6 heteroatoms. The fraction of sp³-hybridized carbons (Fsp3) is 0.429. The first-order valence-electron chi connectivity index (χ1n) is 9.02. The van der Waals surface area contributed by atoms with Crippen molar-refractivity contribution in [2.75, 3.05) is 18.1 Å². The van der Waals surface area contributed by atoms with Crippen LogP contribution >= 0.6 is 11.6 Å². The number of benzene rings is 2. The van der Waals surface area contributed by atoms with Crippen molar-refractivity contribution in [2.24, 2.45) is 11.3 Å². The number of ether oxygens (including phenoxy) is 1. The molecule has 2 aromatic rings. The van der Waals surface area contributed by atoms with Crippen molar-refractivity contribution in [3.63, 3.8) is 0 Å². The molecule has 1 saturated carbocycles. The molecule has 0 aliphatic heterocycles. The van der Waals surface area contributed by atoms with Gasteiger partial charge in [0.25, 0.3) is 0 Å². The van der Waals surface area contributed by atoms with E-state index < -0.39 is 10.0 Å². The van der Waals surface area contributed by atoms with Crippen molar-refractivity contribution in [3.8, 4) is 5.75 Å². The molecule has 146 valence electrons. The second-order valence-corrected chi connectivity index (χ2v) is 10.1. The Bertz CT molecular complexity index is 923. The third kappa shape index (κ3) is 4.58. The fourth-order valence-corrected chi connectivity index (χ4v) is 4.93. The molecule has 1 aliphatic rings. The van der Waals surface area contributed by atoms with Gasteiger partial charge in [-0.1, -0.05) is 37.6 Å². The van der Waals surface area contributed by atoms with Crippen LogP contribution in [0.15, 0.2) is 42.5 Å². The highest BCUT2D eigenvalue weighted by molar-refractivity contribution is 7.92. The average molecular weight is 408 g/mol. The van der Waals surface area contributed by atoms with Gasteiger partial charge in [0, 0.05) is 10.7 Å². The molecule has 0 heterocycles. The fourth-order valence-electron chi connectivity index (χ4n) is 4.17. The Morgan fingerprint density at radius 3 is 2.41 bits per heavy atom. The lowest BCUT2D eigenvalue weighted by molar-refractivity contribution is 0.407. The molecule has 1 aliphatic carbocycles. The molecule has 0 radical (unpaired) electrons. The highest BCUT2D eigenvalue weighted by Crippen LogP contribution is 2.66. The minimum Gasteiger partial charge on any atom is -0.496 e. The van der Waals surface area contributed by atoms with E-state index in [2.05, 4.69) is 18.6 Å². The summed E-state index contributed by atoms with van der Waals surface area (Å²) in [5, 5.41) is 0.728. The Labute approximate surface area is 166 Å². The van der Waals surface area contributed by atoms with Crippen LogP contribution in [0, 0.1) is 11.3 Å². The Morgan fingerprint density at radius 1 is 1.15 bits per heavy atom. The van der Waals surface area contributed by atoms with Gasteiger partial charge in [-0.2, -0.15) is 0 Å². The smallest absolute Gasteiger partial charge is 0.229 e. The number of methoxy groups -OCH3 is 1. The van der Waals surface area contributed by atoms with Gasteiger partial charge in [0.05, 0.1) is 13.4 Å².